The number of nitrogens with zero attached hydrogens (tertiary/aromatic N) is 1. The molecule has 1 fully saturated rings. The molecule has 1 aliphatic rings. The van der Waals surface area contributed by atoms with Crippen LogP contribution in [0.2, 0.25) is 5.02 Å². The van der Waals surface area contributed by atoms with E-state index in [4.69, 9.17) is 25.3 Å². The third kappa shape index (κ3) is 6.77. The van der Waals surface area contributed by atoms with Crippen LogP contribution in [0.4, 0.5) is 10.5 Å². The molecule has 1 heterocycles. The van der Waals surface area contributed by atoms with Crippen molar-refractivity contribution in [2.45, 2.75) is 11.5 Å². The van der Waals surface area contributed by atoms with Crippen molar-refractivity contribution in [2.75, 3.05) is 12.0 Å². The Kier molecular flexibility index (Phi) is 9.04. The van der Waals surface area contributed by atoms with Crippen LogP contribution >= 0.6 is 27.5 Å². The minimum absolute atomic E-state index is 0.00791. The summed E-state index contributed by atoms with van der Waals surface area (Å²) >= 11 is 9.14. The second-order valence-electron chi connectivity index (χ2n) is 9.25. The number of carbonyl (C=O) groups is 3. The topological polar surface area (TPSA) is 128 Å². The minimum Gasteiger partial charge on any atom is -0.493 e. The molecule has 1 N–H and O–H groups in total. The van der Waals surface area contributed by atoms with Crippen LogP contribution in [0.3, 0.4) is 0 Å². The van der Waals surface area contributed by atoms with Crippen LogP contribution in [-0.4, -0.2) is 33.4 Å². The maximum Gasteiger partial charge on any atom is 0.339 e. The van der Waals surface area contributed by atoms with Gasteiger partial charge in [0.1, 0.15) is 22.8 Å². The van der Waals surface area contributed by atoms with Crippen LogP contribution in [-0.2, 0) is 26.3 Å². The third-order valence-electron chi connectivity index (χ3n) is 6.30. The summed E-state index contributed by atoms with van der Waals surface area (Å²) in [5, 5.41) is 2.52. The quantitative estimate of drug-likeness (QED) is 0.126. The van der Waals surface area contributed by atoms with E-state index in [0.717, 1.165) is 10.5 Å². The van der Waals surface area contributed by atoms with Gasteiger partial charge in [-0.15, -0.1) is 0 Å². The van der Waals surface area contributed by atoms with Crippen molar-refractivity contribution in [3.63, 3.8) is 0 Å². The monoisotopic (exact) mass is 696 g/mol. The Morgan fingerprint density at radius 1 is 0.932 bits per heavy atom. The molecule has 5 rings (SSSR count). The Balaban J connectivity index is 1.38. The van der Waals surface area contributed by atoms with E-state index in [0.29, 0.717) is 17.4 Å². The Hall–Kier alpha value is -4.65. The number of barbiturate groups is 1. The summed E-state index contributed by atoms with van der Waals surface area (Å²) in [6, 6.07) is 23.1. The number of rotatable bonds is 9. The molecule has 1 aliphatic heterocycles. The predicted octanol–water partition coefficient (Wildman–Crippen LogP) is 6.12. The van der Waals surface area contributed by atoms with E-state index in [-0.39, 0.29) is 37.7 Å². The van der Waals surface area contributed by atoms with Crippen molar-refractivity contribution >= 4 is 67.3 Å². The average Bonchev–Trinajstić information content (AvgIpc) is 3.00. The van der Waals surface area contributed by atoms with Gasteiger partial charge < -0.3 is 13.7 Å². The maximum atomic E-state index is 13.4. The van der Waals surface area contributed by atoms with Gasteiger partial charge in [0.25, 0.3) is 11.8 Å². The minimum atomic E-state index is -4.26. The summed E-state index contributed by atoms with van der Waals surface area (Å²) in [7, 11) is -2.97. The molecule has 4 amide bonds. The molecule has 224 valence electrons. The van der Waals surface area contributed by atoms with Gasteiger partial charge in [-0.25, -0.2) is 9.69 Å². The molecular weight excluding hydrogens is 676 g/mol. The number of anilines is 1. The summed E-state index contributed by atoms with van der Waals surface area (Å²) in [6.07, 6.45) is 1.25. The lowest BCUT2D eigenvalue weighted by atomic mass is 10.1. The van der Waals surface area contributed by atoms with Gasteiger partial charge in [0.05, 0.1) is 17.3 Å². The number of hydrogen-bond donors (Lipinski definition) is 1. The first-order valence-corrected chi connectivity index (χ1v) is 15.4. The molecule has 4 aromatic rings. The highest BCUT2D eigenvalue weighted by Crippen LogP contribution is 2.39. The number of methoxy groups -OCH3 is 1. The molecule has 0 bridgehead atoms. The standard InChI is InChI=1S/C31H22BrClN2O8S/c1-41-27-17-20(16-26(32)28(27)43-44(39,40)24-13-7-21(33)8-14-24)15-25-29(36)34-31(38)35(30(25)37)22-9-11-23(12-10-22)42-18-19-5-3-2-4-6-19/h2-17H,18H2,1H3,(H,34,36,38)/b25-15+. The SMILES string of the molecule is COc1cc(/C=C2\C(=O)NC(=O)N(c3ccc(OCc4ccccc4)cc3)C2=O)cc(Br)c1OS(=O)(=O)c1ccc(Cl)cc1. The van der Waals surface area contributed by atoms with Crippen LogP contribution in [0.1, 0.15) is 11.1 Å². The predicted molar refractivity (Wildman–Crippen MR) is 166 cm³/mol. The van der Waals surface area contributed by atoms with Crippen LogP contribution in [0.15, 0.2) is 106 Å². The number of urea groups is 1. The van der Waals surface area contributed by atoms with E-state index in [1.165, 1.54) is 61.7 Å². The molecule has 0 spiro atoms. The van der Waals surface area contributed by atoms with E-state index >= 15 is 0 Å². The molecule has 0 aliphatic carbocycles. The van der Waals surface area contributed by atoms with Crippen molar-refractivity contribution in [3.05, 3.63) is 117 Å². The van der Waals surface area contributed by atoms with E-state index in [9.17, 15) is 22.8 Å². The van der Waals surface area contributed by atoms with Crippen molar-refractivity contribution < 1.29 is 36.5 Å². The summed E-state index contributed by atoms with van der Waals surface area (Å²) in [6.45, 7) is 0.334. The molecule has 0 unspecified atom stereocenters. The first kappa shape index (κ1) is 30.8. The normalized spacial score (nSPS) is 14.4. The van der Waals surface area contributed by atoms with Gasteiger partial charge in [-0.1, -0.05) is 41.9 Å². The number of halogens is 2. The Morgan fingerprint density at radius 2 is 1.61 bits per heavy atom. The molecule has 0 radical (unpaired) electrons. The number of nitrogens with one attached hydrogen (secondary N) is 1. The molecule has 1 saturated heterocycles. The van der Waals surface area contributed by atoms with E-state index in [1.807, 2.05) is 30.3 Å². The van der Waals surface area contributed by atoms with Crippen molar-refractivity contribution in [2.24, 2.45) is 0 Å². The van der Waals surface area contributed by atoms with Gasteiger partial charge in [0.15, 0.2) is 11.5 Å². The Bertz CT molecular complexity index is 1880. The molecule has 13 heteroatoms. The van der Waals surface area contributed by atoms with Gasteiger partial charge in [-0.2, -0.15) is 8.42 Å². The molecule has 10 nitrogen and oxygen atoms in total. The average molecular weight is 698 g/mol. The zero-order chi connectivity index (χ0) is 31.4. The number of imide groups is 2. The maximum absolute atomic E-state index is 13.4. The smallest absolute Gasteiger partial charge is 0.339 e. The fourth-order valence-electron chi connectivity index (χ4n) is 4.15. The lowest BCUT2D eigenvalue weighted by Crippen LogP contribution is -2.54. The van der Waals surface area contributed by atoms with Crippen LogP contribution in [0, 0.1) is 0 Å². The van der Waals surface area contributed by atoms with E-state index in [2.05, 4.69) is 21.2 Å². The van der Waals surface area contributed by atoms with Gasteiger partial charge in [-0.05, 0) is 93.8 Å². The van der Waals surface area contributed by atoms with Gasteiger partial charge in [-0.3, -0.25) is 14.9 Å². The summed E-state index contributed by atoms with van der Waals surface area (Å²) in [5.74, 6) is -1.41. The highest BCUT2D eigenvalue weighted by atomic mass is 79.9. The number of carbonyl (C=O) groups excluding carboxylic acids is 3. The first-order chi connectivity index (χ1) is 21.1. The second-order valence-corrected chi connectivity index (χ2v) is 12.1. The lowest BCUT2D eigenvalue weighted by molar-refractivity contribution is -0.122. The largest absolute Gasteiger partial charge is 0.493 e. The molecule has 0 aromatic heterocycles. The van der Waals surface area contributed by atoms with Gasteiger partial charge in [0.2, 0.25) is 0 Å². The summed E-state index contributed by atoms with van der Waals surface area (Å²) in [5.41, 5.74) is 1.13. The fourth-order valence-corrected chi connectivity index (χ4v) is 5.88. The lowest BCUT2D eigenvalue weighted by Gasteiger charge is -2.26. The fraction of sp³-hybridized carbons (Fsp3) is 0.0645. The molecular formula is C31H22BrClN2O8S. The summed E-state index contributed by atoms with van der Waals surface area (Å²) in [4.78, 5) is 39.5. The first-order valence-electron chi connectivity index (χ1n) is 12.8. The highest BCUT2D eigenvalue weighted by Gasteiger charge is 2.37. The second kappa shape index (κ2) is 12.9. The van der Waals surface area contributed by atoms with Gasteiger partial charge >= 0.3 is 16.1 Å². The van der Waals surface area contributed by atoms with Crippen molar-refractivity contribution in [3.8, 4) is 17.2 Å². The number of ether oxygens (including phenoxy) is 2. The van der Waals surface area contributed by atoms with E-state index in [1.54, 1.807) is 12.1 Å². The van der Waals surface area contributed by atoms with Crippen LogP contribution in [0.25, 0.3) is 6.08 Å². The number of benzene rings is 4. The van der Waals surface area contributed by atoms with E-state index < -0.39 is 28.0 Å². The van der Waals surface area contributed by atoms with Crippen molar-refractivity contribution in [1.29, 1.82) is 0 Å². The third-order valence-corrected chi connectivity index (χ3v) is 8.38. The van der Waals surface area contributed by atoms with Crippen LogP contribution in [0.5, 0.6) is 17.2 Å². The van der Waals surface area contributed by atoms with Gasteiger partial charge in [0, 0.05) is 5.02 Å². The number of hydrogen-bond acceptors (Lipinski definition) is 8. The zero-order valence-corrected chi connectivity index (χ0v) is 26.0. The molecule has 44 heavy (non-hydrogen) atoms. The molecule has 0 atom stereocenters. The van der Waals surface area contributed by atoms with Crippen LogP contribution < -0.4 is 23.9 Å². The Labute approximate surface area is 266 Å². The molecule has 4 aromatic carbocycles. The summed E-state index contributed by atoms with van der Waals surface area (Å²) < 4.78 is 42.3. The van der Waals surface area contributed by atoms with Crippen molar-refractivity contribution in [1.82, 2.24) is 5.32 Å². The number of amides is 4. The Morgan fingerprint density at radius 3 is 2.27 bits per heavy atom. The highest BCUT2D eigenvalue weighted by molar-refractivity contribution is 9.10. The molecule has 0 saturated carbocycles. The zero-order valence-electron chi connectivity index (χ0n) is 22.8.